The van der Waals surface area contributed by atoms with Gasteiger partial charge >= 0.3 is 5.97 Å². The highest BCUT2D eigenvalue weighted by molar-refractivity contribution is 6.37. The van der Waals surface area contributed by atoms with E-state index in [1.54, 1.807) is 0 Å². The Morgan fingerprint density at radius 2 is 2.38 bits per heavy atom. The average molecular weight is 228 g/mol. The molecule has 90 valence electrons. The molecule has 0 radical (unpaired) electrons. The third-order valence-electron chi connectivity index (χ3n) is 2.74. The van der Waals surface area contributed by atoms with Crippen molar-refractivity contribution in [1.29, 1.82) is 0 Å². The first-order valence-corrected chi connectivity index (χ1v) is 5.24. The average Bonchev–Trinajstić information content (AvgIpc) is 2.82. The number of methoxy groups -OCH3 is 1. The van der Waals surface area contributed by atoms with E-state index < -0.39 is 11.8 Å². The molecule has 2 aliphatic heterocycles. The van der Waals surface area contributed by atoms with Crippen molar-refractivity contribution in [2.24, 2.45) is 11.0 Å². The highest BCUT2D eigenvalue weighted by Crippen LogP contribution is 2.28. The maximum Gasteiger partial charge on any atom is 0.354 e. The molecule has 0 aliphatic carbocycles. The monoisotopic (exact) mass is 228 g/mol. The van der Waals surface area contributed by atoms with Gasteiger partial charge in [0.15, 0.2) is 11.5 Å². The van der Waals surface area contributed by atoms with Crippen LogP contribution in [0.25, 0.3) is 0 Å². The van der Waals surface area contributed by atoms with E-state index in [1.807, 2.05) is 13.8 Å². The van der Waals surface area contributed by atoms with Gasteiger partial charge in [0.05, 0.1) is 25.7 Å². The number of esters is 1. The molecule has 0 saturated carbocycles. The van der Waals surface area contributed by atoms with E-state index >= 15 is 0 Å². The van der Waals surface area contributed by atoms with Crippen LogP contribution in [0.1, 0.15) is 13.8 Å². The van der Waals surface area contributed by atoms with Crippen LogP contribution in [0.3, 0.4) is 0 Å². The van der Waals surface area contributed by atoms with Crippen LogP contribution >= 0.6 is 0 Å². The Hall–Kier alpha value is -1.14. The van der Waals surface area contributed by atoms with Crippen molar-refractivity contribution in [1.82, 2.24) is 5.43 Å². The Balaban J connectivity index is 2.06. The van der Waals surface area contributed by atoms with Gasteiger partial charge in [-0.05, 0) is 13.8 Å². The second-order valence-electron chi connectivity index (χ2n) is 4.32. The molecule has 0 amide bonds. The summed E-state index contributed by atoms with van der Waals surface area (Å²) in [7, 11) is 1.34. The lowest BCUT2D eigenvalue weighted by molar-refractivity contribution is -0.142. The lowest BCUT2D eigenvalue weighted by atomic mass is 9.98. The third kappa shape index (κ3) is 2.03. The first-order valence-electron chi connectivity index (χ1n) is 5.24. The highest BCUT2D eigenvalue weighted by Gasteiger charge is 2.43. The molecule has 6 nitrogen and oxygen atoms in total. The number of carbonyl (C=O) groups excluding carboxylic acids is 1. The second-order valence-corrected chi connectivity index (χ2v) is 4.32. The van der Waals surface area contributed by atoms with Crippen LogP contribution < -0.4 is 5.43 Å². The number of nitrogens with zero attached hydrogens (tertiary/aromatic N) is 1. The molecule has 2 aliphatic rings. The lowest BCUT2D eigenvalue weighted by Gasteiger charge is -2.20. The first kappa shape index (κ1) is 11.3. The summed E-state index contributed by atoms with van der Waals surface area (Å²) < 4.78 is 15.8. The molecule has 2 rings (SSSR count). The number of hydrogen-bond donors (Lipinski definition) is 1. The van der Waals surface area contributed by atoms with Gasteiger partial charge in [0.2, 0.25) is 0 Å². The Morgan fingerprint density at radius 1 is 1.62 bits per heavy atom. The largest absolute Gasteiger partial charge is 0.464 e. The summed E-state index contributed by atoms with van der Waals surface area (Å²) in [5.41, 5.74) is 3.18. The van der Waals surface area contributed by atoms with Gasteiger partial charge in [0.25, 0.3) is 0 Å². The topological polar surface area (TPSA) is 69.2 Å². The third-order valence-corrected chi connectivity index (χ3v) is 2.74. The van der Waals surface area contributed by atoms with Gasteiger partial charge < -0.3 is 19.6 Å². The van der Waals surface area contributed by atoms with Gasteiger partial charge in [-0.3, -0.25) is 0 Å². The molecule has 0 aromatic carbocycles. The predicted molar refractivity (Wildman–Crippen MR) is 55.8 cm³/mol. The van der Waals surface area contributed by atoms with Crippen molar-refractivity contribution in [2.75, 3.05) is 20.3 Å². The number of carbonyl (C=O) groups is 1. The molecule has 0 aromatic rings. The van der Waals surface area contributed by atoms with Crippen LogP contribution in [-0.2, 0) is 19.0 Å². The summed E-state index contributed by atoms with van der Waals surface area (Å²) in [6.45, 7) is 4.75. The van der Waals surface area contributed by atoms with E-state index in [0.29, 0.717) is 18.9 Å². The summed E-state index contributed by atoms with van der Waals surface area (Å²) in [4.78, 5) is 11.5. The van der Waals surface area contributed by atoms with Crippen molar-refractivity contribution < 1.29 is 19.0 Å². The van der Waals surface area contributed by atoms with Crippen LogP contribution in [0.2, 0.25) is 0 Å². The Bertz CT molecular complexity index is 327. The van der Waals surface area contributed by atoms with Gasteiger partial charge in [-0.25, -0.2) is 4.79 Å². The molecule has 1 N–H and O–H groups in total. The molecule has 2 heterocycles. The summed E-state index contributed by atoms with van der Waals surface area (Å²) in [5.74, 6) is -1.10. The molecule has 0 unspecified atom stereocenters. The van der Waals surface area contributed by atoms with Gasteiger partial charge in [0, 0.05) is 6.54 Å². The minimum absolute atomic E-state index is 0.103. The summed E-state index contributed by atoms with van der Waals surface area (Å²) in [6.07, 6.45) is -0.150. The van der Waals surface area contributed by atoms with Gasteiger partial charge in [-0.2, -0.15) is 5.10 Å². The molecule has 1 fully saturated rings. The summed E-state index contributed by atoms with van der Waals surface area (Å²) >= 11 is 0. The van der Waals surface area contributed by atoms with Crippen LogP contribution in [0.5, 0.6) is 0 Å². The number of hydrogen-bond acceptors (Lipinski definition) is 6. The molecular weight excluding hydrogens is 212 g/mol. The zero-order valence-electron chi connectivity index (χ0n) is 9.65. The Kier molecular flexibility index (Phi) is 2.86. The minimum Gasteiger partial charge on any atom is -0.464 e. The van der Waals surface area contributed by atoms with Gasteiger partial charge in [0.1, 0.15) is 0 Å². The zero-order valence-corrected chi connectivity index (χ0v) is 9.65. The van der Waals surface area contributed by atoms with E-state index in [0.717, 1.165) is 0 Å². The van der Waals surface area contributed by atoms with Crippen LogP contribution in [0.4, 0.5) is 0 Å². The predicted octanol–water partition coefficient (Wildman–Crippen LogP) is -0.114. The first-order chi connectivity index (χ1) is 7.53. The fourth-order valence-corrected chi connectivity index (χ4v) is 1.93. The molecule has 0 aromatic heterocycles. The fourth-order valence-electron chi connectivity index (χ4n) is 1.93. The maximum atomic E-state index is 11.5. The quantitative estimate of drug-likeness (QED) is 0.668. The smallest absolute Gasteiger partial charge is 0.354 e. The van der Waals surface area contributed by atoms with Crippen molar-refractivity contribution in [3.05, 3.63) is 0 Å². The molecule has 0 bridgehead atoms. The molecule has 16 heavy (non-hydrogen) atoms. The normalized spacial score (nSPS) is 32.1. The highest BCUT2D eigenvalue weighted by atomic mass is 16.7. The summed E-state index contributed by atoms with van der Waals surface area (Å²) in [6, 6.07) is 0. The van der Waals surface area contributed by atoms with Crippen LogP contribution in [0.15, 0.2) is 5.10 Å². The molecule has 2 atom stereocenters. The molecule has 6 heteroatoms. The molecule has 0 spiro atoms. The molecule has 1 saturated heterocycles. The van der Waals surface area contributed by atoms with Crippen molar-refractivity contribution in [2.45, 2.75) is 25.7 Å². The standard InChI is InChI=1S/C10H16N2O4/c1-10(2)15-5-7(16-10)6-4-11-12-8(6)9(13)14-3/h6-7,11H,4-5H2,1-3H3/t6-,7+/m1/s1. The lowest BCUT2D eigenvalue weighted by Crippen LogP contribution is -2.36. The fraction of sp³-hybridized carbons (Fsp3) is 0.800. The van der Waals surface area contributed by atoms with E-state index in [9.17, 15) is 4.79 Å². The number of ether oxygens (including phenoxy) is 3. The zero-order chi connectivity index (χ0) is 11.8. The van der Waals surface area contributed by atoms with Crippen molar-refractivity contribution >= 4 is 11.7 Å². The Labute approximate surface area is 93.9 Å². The molecular formula is C10H16N2O4. The number of nitrogens with one attached hydrogen (secondary N) is 1. The number of hydrazone groups is 1. The Morgan fingerprint density at radius 3 is 2.94 bits per heavy atom. The van der Waals surface area contributed by atoms with Gasteiger partial charge in [-0.15, -0.1) is 0 Å². The van der Waals surface area contributed by atoms with Crippen molar-refractivity contribution in [3.8, 4) is 0 Å². The van der Waals surface area contributed by atoms with Crippen LogP contribution in [0, 0.1) is 5.92 Å². The van der Waals surface area contributed by atoms with Crippen LogP contribution in [-0.4, -0.2) is 43.8 Å². The second kappa shape index (κ2) is 4.03. The number of rotatable bonds is 2. The minimum atomic E-state index is -0.589. The van der Waals surface area contributed by atoms with Gasteiger partial charge in [-0.1, -0.05) is 0 Å². The maximum absolute atomic E-state index is 11.5. The van der Waals surface area contributed by atoms with E-state index in [2.05, 4.69) is 15.3 Å². The summed E-state index contributed by atoms with van der Waals surface area (Å²) in [5, 5.41) is 3.94. The SMILES string of the molecule is COC(=O)C1=NNC[C@@H]1[C@@H]1COC(C)(C)O1. The van der Waals surface area contributed by atoms with E-state index in [-0.39, 0.29) is 12.0 Å². The van der Waals surface area contributed by atoms with E-state index in [1.165, 1.54) is 7.11 Å². The van der Waals surface area contributed by atoms with Crippen molar-refractivity contribution in [3.63, 3.8) is 0 Å². The van der Waals surface area contributed by atoms with E-state index in [4.69, 9.17) is 9.47 Å².